The molecule has 0 aromatic heterocycles. The lowest BCUT2D eigenvalue weighted by Gasteiger charge is -2.31. The van der Waals surface area contributed by atoms with Crippen molar-refractivity contribution < 1.29 is 9.53 Å². The smallest absolute Gasteiger partial charge is 0.309 e. The highest BCUT2D eigenvalue weighted by Crippen LogP contribution is 2.19. The summed E-state index contributed by atoms with van der Waals surface area (Å²) < 4.78 is 4.85. The first kappa shape index (κ1) is 14.1. The number of rotatable bonds is 4. The minimum absolute atomic E-state index is 0.0497. The van der Waals surface area contributed by atoms with Crippen molar-refractivity contribution in [2.45, 2.75) is 32.7 Å². The highest BCUT2D eigenvalue weighted by Gasteiger charge is 2.26. The fraction of sp³-hybridized carbons (Fsp3) is 0.562. The SMILES string of the molecule is CCc1ccc(CN2CCCC(C(=O)OC)C2)cc1. The molecule has 1 aliphatic rings. The van der Waals surface area contributed by atoms with Crippen LogP contribution in [0.2, 0.25) is 0 Å². The second-order valence-corrected chi connectivity index (χ2v) is 5.27. The van der Waals surface area contributed by atoms with Crippen molar-refractivity contribution >= 4 is 5.97 Å². The summed E-state index contributed by atoms with van der Waals surface area (Å²) >= 11 is 0. The molecule has 1 aliphatic heterocycles. The zero-order valence-electron chi connectivity index (χ0n) is 11.9. The standard InChI is InChI=1S/C16H23NO2/c1-3-13-6-8-14(9-7-13)11-17-10-4-5-15(12-17)16(18)19-2/h6-9,15H,3-5,10-12H2,1-2H3. The van der Waals surface area contributed by atoms with Crippen LogP contribution < -0.4 is 0 Å². The van der Waals surface area contributed by atoms with Crippen molar-refractivity contribution in [3.63, 3.8) is 0 Å². The van der Waals surface area contributed by atoms with E-state index >= 15 is 0 Å². The summed E-state index contributed by atoms with van der Waals surface area (Å²) in [4.78, 5) is 14.0. The number of hydrogen-bond donors (Lipinski definition) is 0. The molecular weight excluding hydrogens is 238 g/mol. The molecule has 19 heavy (non-hydrogen) atoms. The molecule has 1 unspecified atom stereocenters. The molecule has 1 atom stereocenters. The van der Waals surface area contributed by atoms with E-state index in [9.17, 15) is 4.79 Å². The van der Waals surface area contributed by atoms with Crippen LogP contribution in [-0.4, -0.2) is 31.1 Å². The second-order valence-electron chi connectivity index (χ2n) is 5.27. The Morgan fingerprint density at radius 2 is 2.00 bits per heavy atom. The number of benzene rings is 1. The van der Waals surface area contributed by atoms with E-state index in [-0.39, 0.29) is 11.9 Å². The molecule has 0 radical (unpaired) electrons. The molecule has 1 saturated heterocycles. The molecule has 1 aromatic rings. The summed E-state index contributed by atoms with van der Waals surface area (Å²) in [6.07, 6.45) is 3.11. The lowest BCUT2D eigenvalue weighted by atomic mass is 9.97. The quantitative estimate of drug-likeness (QED) is 0.780. The second kappa shape index (κ2) is 6.71. The molecule has 1 aromatic carbocycles. The Hall–Kier alpha value is -1.35. The van der Waals surface area contributed by atoms with Crippen molar-refractivity contribution in [3.05, 3.63) is 35.4 Å². The van der Waals surface area contributed by atoms with Crippen LogP contribution in [0.5, 0.6) is 0 Å². The molecule has 0 saturated carbocycles. The maximum Gasteiger partial charge on any atom is 0.309 e. The minimum atomic E-state index is -0.0639. The van der Waals surface area contributed by atoms with Gasteiger partial charge in [0.15, 0.2) is 0 Å². The van der Waals surface area contributed by atoms with Crippen LogP contribution in [-0.2, 0) is 22.5 Å². The number of esters is 1. The van der Waals surface area contributed by atoms with Crippen LogP contribution in [0.4, 0.5) is 0 Å². The molecule has 1 heterocycles. The van der Waals surface area contributed by atoms with Gasteiger partial charge in [-0.05, 0) is 36.9 Å². The van der Waals surface area contributed by atoms with Gasteiger partial charge in [0, 0.05) is 13.1 Å². The van der Waals surface area contributed by atoms with Gasteiger partial charge in [0.05, 0.1) is 13.0 Å². The van der Waals surface area contributed by atoms with E-state index in [0.29, 0.717) is 0 Å². The van der Waals surface area contributed by atoms with Gasteiger partial charge in [-0.1, -0.05) is 31.2 Å². The number of ether oxygens (including phenoxy) is 1. The van der Waals surface area contributed by atoms with E-state index in [1.807, 2.05) is 0 Å². The predicted molar refractivity (Wildman–Crippen MR) is 75.8 cm³/mol. The van der Waals surface area contributed by atoms with Crippen molar-refractivity contribution in [2.24, 2.45) is 5.92 Å². The summed E-state index contributed by atoms with van der Waals surface area (Å²) in [5, 5.41) is 0. The van der Waals surface area contributed by atoms with Crippen molar-refractivity contribution in [3.8, 4) is 0 Å². The maximum atomic E-state index is 11.6. The first-order valence-corrected chi connectivity index (χ1v) is 7.11. The number of nitrogens with zero attached hydrogens (tertiary/aromatic N) is 1. The minimum Gasteiger partial charge on any atom is -0.469 e. The number of aryl methyl sites for hydroxylation is 1. The third-order valence-corrected chi connectivity index (χ3v) is 3.88. The summed E-state index contributed by atoms with van der Waals surface area (Å²) in [5.41, 5.74) is 2.69. The molecule has 0 amide bonds. The number of piperidine rings is 1. The Bertz CT molecular complexity index is 413. The zero-order valence-corrected chi connectivity index (χ0v) is 11.9. The van der Waals surface area contributed by atoms with Crippen molar-refractivity contribution in [2.75, 3.05) is 20.2 Å². The van der Waals surface area contributed by atoms with Gasteiger partial charge in [0.25, 0.3) is 0 Å². The Balaban J connectivity index is 1.92. The number of methoxy groups -OCH3 is 1. The lowest BCUT2D eigenvalue weighted by molar-refractivity contribution is -0.147. The summed E-state index contributed by atoms with van der Waals surface area (Å²) in [6, 6.07) is 8.77. The van der Waals surface area contributed by atoms with Gasteiger partial charge in [-0.25, -0.2) is 0 Å². The Morgan fingerprint density at radius 3 is 2.63 bits per heavy atom. The normalized spacial score (nSPS) is 20.2. The first-order valence-electron chi connectivity index (χ1n) is 7.11. The molecule has 3 nitrogen and oxygen atoms in total. The van der Waals surface area contributed by atoms with Crippen LogP contribution in [0.25, 0.3) is 0 Å². The first-order chi connectivity index (χ1) is 9.22. The van der Waals surface area contributed by atoms with E-state index in [2.05, 4.69) is 36.1 Å². The van der Waals surface area contributed by atoms with E-state index in [1.165, 1.54) is 18.2 Å². The average molecular weight is 261 g/mol. The molecule has 2 rings (SSSR count). The molecular formula is C16H23NO2. The predicted octanol–water partition coefficient (Wildman–Crippen LogP) is 2.63. The molecule has 0 aliphatic carbocycles. The van der Waals surface area contributed by atoms with Crippen molar-refractivity contribution in [1.29, 1.82) is 0 Å². The van der Waals surface area contributed by atoms with Gasteiger partial charge in [0.2, 0.25) is 0 Å². The van der Waals surface area contributed by atoms with Crippen LogP contribution in [0.1, 0.15) is 30.9 Å². The van der Waals surface area contributed by atoms with Gasteiger partial charge in [-0.2, -0.15) is 0 Å². The van der Waals surface area contributed by atoms with Gasteiger partial charge in [-0.15, -0.1) is 0 Å². The van der Waals surface area contributed by atoms with Gasteiger partial charge in [-0.3, -0.25) is 9.69 Å². The topological polar surface area (TPSA) is 29.5 Å². The van der Waals surface area contributed by atoms with E-state index in [4.69, 9.17) is 4.74 Å². The summed E-state index contributed by atoms with van der Waals surface area (Å²) in [7, 11) is 1.48. The molecule has 0 N–H and O–H groups in total. The fourth-order valence-electron chi connectivity index (χ4n) is 2.70. The van der Waals surface area contributed by atoms with Crippen LogP contribution in [0, 0.1) is 5.92 Å². The third-order valence-electron chi connectivity index (χ3n) is 3.88. The van der Waals surface area contributed by atoms with E-state index in [1.54, 1.807) is 0 Å². The highest BCUT2D eigenvalue weighted by atomic mass is 16.5. The number of carbonyl (C=O) groups excluding carboxylic acids is 1. The van der Waals surface area contributed by atoms with E-state index in [0.717, 1.165) is 38.9 Å². The van der Waals surface area contributed by atoms with Crippen LogP contribution in [0.3, 0.4) is 0 Å². The lowest BCUT2D eigenvalue weighted by Crippen LogP contribution is -2.38. The monoisotopic (exact) mass is 261 g/mol. The highest BCUT2D eigenvalue weighted by molar-refractivity contribution is 5.72. The van der Waals surface area contributed by atoms with Crippen LogP contribution in [0.15, 0.2) is 24.3 Å². The third kappa shape index (κ3) is 3.80. The maximum absolute atomic E-state index is 11.6. The Kier molecular flexibility index (Phi) is 4.97. The zero-order chi connectivity index (χ0) is 13.7. The van der Waals surface area contributed by atoms with E-state index < -0.39 is 0 Å². The molecule has 3 heteroatoms. The number of carbonyl (C=O) groups is 1. The fourth-order valence-corrected chi connectivity index (χ4v) is 2.70. The molecule has 1 fully saturated rings. The van der Waals surface area contributed by atoms with Gasteiger partial charge < -0.3 is 4.74 Å². The Morgan fingerprint density at radius 1 is 1.32 bits per heavy atom. The number of hydrogen-bond acceptors (Lipinski definition) is 3. The van der Waals surface area contributed by atoms with Crippen LogP contribution >= 0.6 is 0 Å². The summed E-state index contributed by atoms with van der Waals surface area (Å²) in [6.45, 7) is 4.99. The van der Waals surface area contributed by atoms with Gasteiger partial charge in [0.1, 0.15) is 0 Å². The Labute approximate surface area is 115 Å². The van der Waals surface area contributed by atoms with Crippen molar-refractivity contribution in [1.82, 2.24) is 4.90 Å². The van der Waals surface area contributed by atoms with Gasteiger partial charge >= 0.3 is 5.97 Å². The molecule has 0 bridgehead atoms. The number of likely N-dealkylation sites (tertiary alicyclic amines) is 1. The average Bonchev–Trinajstić information content (AvgIpc) is 2.47. The molecule has 0 spiro atoms. The largest absolute Gasteiger partial charge is 0.469 e. The molecule has 104 valence electrons. The summed E-state index contributed by atoms with van der Waals surface area (Å²) in [5.74, 6) is -0.0142.